The van der Waals surface area contributed by atoms with Crippen LogP contribution >= 0.6 is 11.6 Å². The summed E-state index contributed by atoms with van der Waals surface area (Å²) in [7, 11) is 1.22. The number of hydrogen-bond donors (Lipinski definition) is 1. The zero-order valence-electron chi connectivity index (χ0n) is 13.6. The van der Waals surface area contributed by atoms with E-state index in [2.05, 4.69) is 10.1 Å². The van der Waals surface area contributed by atoms with Crippen LogP contribution in [0.2, 0.25) is 5.02 Å². The maximum Gasteiger partial charge on any atom is 0.341 e. The molecule has 6 nitrogen and oxygen atoms in total. The van der Waals surface area contributed by atoms with E-state index < -0.39 is 36.3 Å². The van der Waals surface area contributed by atoms with Gasteiger partial charge in [-0.15, -0.1) is 0 Å². The number of methoxy groups -OCH3 is 1. The summed E-state index contributed by atoms with van der Waals surface area (Å²) in [6, 6.07) is 2.61. The highest BCUT2D eigenvalue weighted by Crippen LogP contribution is 2.15. The molecule has 8 heteroatoms. The minimum atomic E-state index is -1.00. The number of ether oxygens (including phenoxy) is 2. The first-order chi connectivity index (χ1) is 11.3. The van der Waals surface area contributed by atoms with Crippen molar-refractivity contribution in [2.24, 2.45) is 5.92 Å². The van der Waals surface area contributed by atoms with Gasteiger partial charge in [0.25, 0.3) is 5.91 Å². The molecule has 0 radical (unpaired) electrons. The second-order valence-electron chi connectivity index (χ2n) is 5.15. The monoisotopic (exact) mass is 359 g/mol. The lowest BCUT2D eigenvalue weighted by molar-refractivity contribution is -0.147. The summed E-state index contributed by atoms with van der Waals surface area (Å²) in [5, 5.41) is 2.58. The van der Waals surface area contributed by atoms with Gasteiger partial charge in [-0.25, -0.2) is 14.0 Å². The quantitative estimate of drug-likeness (QED) is 0.756. The van der Waals surface area contributed by atoms with Crippen molar-refractivity contribution >= 4 is 29.4 Å². The Balaban J connectivity index is 2.64. The van der Waals surface area contributed by atoms with Crippen LogP contribution in [0.1, 0.15) is 30.6 Å². The fourth-order valence-electron chi connectivity index (χ4n) is 1.88. The summed E-state index contributed by atoms with van der Waals surface area (Å²) < 4.78 is 23.0. The molecule has 0 aliphatic heterocycles. The van der Waals surface area contributed by atoms with E-state index in [9.17, 15) is 18.8 Å². The summed E-state index contributed by atoms with van der Waals surface area (Å²) in [6.07, 6.45) is 0.635. The Kier molecular flexibility index (Phi) is 7.64. The van der Waals surface area contributed by atoms with E-state index in [-0.39, 0.29) is 16.5 Å². The Labute approximate surface area is 144 Å². The Bertz CT molecular complexity index is 622. The van der Waals surface area contributed by atoms with Crippen molar-refractivity contribution in [3.05, 3.63) is 34.6 Å². The lowest BCUT2D eigenvalue weighted by Gasteiger charge is -2.21. The number of amides is 1. The Hall–Kier alpha value is -2.15. The zero-order chi connectivity index (χ0) is 18.3. The van der Waals surface area contributed by atoms with Gasteiger partial charge >= 0.3 is 11.9 Å². The van der Waals surface area contributed by atoms with E-state index in [0.29, 0.717) is 6.42 Å². The summed E-state index contributed by atoms with van der Waals surface area (Å²) in [5.41, 5.74) is -0.335. The summed E-state index contributed by atoms with van der Waals surface area (Å²) in [5.74, 6) is -3.29. The third-order valence-electron chi connectivity index (χ3n) is 3.47. The van der Waals surface area contributed by atoms with Crippen LogP contribution in [-0.2, 0) is 19.1 Å². The molecule has 24 heavy (non-hydrogen) atoms. The lowest BCUT2D eigenvalue weighted by Crippen LogP contribution is -2.47. The maximum atomic E-state index is 13.6. The van der Waals surface area contributed by atoms with E-state index >= 15 is 0 Å². The van der Waals surface area contributed by atoms with Crippen molar-refractivity contribution in [3.63, 3.8) is 0 Å². The van der Waals surface area contributed by atoms with Gasteiger partial charge in [0.15, 0.2) is 6.61 Å². The van der Waals surface area contributed by atoms with Crippen LogP contribution in [0.5, 0.6) is 0 Å². The Morgan fingerprint density at radius 3 is 2.54 bits per heavy atom. The fourth-order valence-corrected chi connectivity index (χ4v) is 2.03. The zero-order valence-corrected chi connectivity index (χ0v) is 14.4. The van der Waals surface area contributed by atoms with Crippen LogP contribution in [0.15, 0.2) is 18.2 Å². The van der Waals surface area contributed by atoms with Gasteiger partial charge in [-0.05, 0) is 24.1 Å². The van der Waals surface area contributed by atoms with Crippen molar-refractivity contribution < 1.29 is 28.2 Å². The van der Waals surface area contributed by atoms with E-state index in [4.69, 9.17) is 16.3 Å². The molecule has 2 atom stereocenters. The van der Waals surface area contributed by atoms with Crippen LogP contribution in [0, 0.1) is 11.7 Å². The highest BCUT2D eigenvalue weighted by molar-refractivity contribution is 6.30. The molecular weight excluding hydrogens is 341 g/mol. The molecule has 1 amide bonds. The lowest BCUT2D eigenvalue weighted by atomic mass is 9.99. The number of hydrogen-bond acceptors (Lipinski definition) is 5. The molecule has 1 N–H and O–H groups in total. The Morgan fingerprint density at radius 1 is 1.33 bits per heavy atom. The van der Waals surface area contributed by atoms with E-state index in [1.807, 2.05) is 6.92 Å². The van der Waals surface area contributed by atoms with Gasteiger partial charge in [-0.1, -0.05) is 31.9 Å². The van der Waals surface area contributed by atoms with Gasteiger partial charge in [-0.2, -0.15) is 0 Å². The van der Waals surface area contributed by atoms with Gasteiger partial charge < -0.3 is 14.8 Å². The number of esters is 2. The number of rotatable bonds is 7. The van der Waals surface area contributed by atoms with Crippen molar-refractivity contribution in [1.82, 2.24) is 5.32 Å². The van der Waals surface area contributed by atoms with Gasteiger partial charge in [0.2, 0.25) is 0 Å². The molecule has 0 spiro atoms. The number of benzene rings is 1. The summed E-state index contributed by atoms with van der Waals surface area (Å²) >= 11 is 5.59. The highest BCUT2D eigenvalue weighted by atomic mass is 35.5. The average Bonchev–Trinajstić information content (AvgIpc) is 2.56. The third kappa shape index (κ3) is 5.49. The van der Waals surface area contributed by atoms with Crippen molar-refractivity contribution in [1.29, 1.82) is 0 Å². The van der Waals surface area contributed by atoms with Crippen LogP contribution in [0.25, 0.3) is 0 Å². The summed E-state index contributed by atoms with van der Waals surface area (Å²) in [4.78, 5) is 35.3. The number of carbonyl (C=O) groups excluding carboxylic acids is 3. The van der Waals surface area contributed by atoms with Gasteiger partial charge in [0.1, 0.15) is 11.9 Å². The van der Waals surface area contributed by atoms with Crippen molar-refractivity contribution in [2.45, 2.75) is 26.3 Å². The minimum absolute atomic E-state index is 0.135. The standard InChI is InChI=1S/C16H19ClFNO5/c1-4-9(2)14(16(22)23-3)19-13(20)8-24-15(21)11-6-5-10(17)7-12(11)18/h5-7,9,14H,4,8H2,1-3H3,(H,19,20)/t9-,14-/m0/s1. The molecule has 1 aromatic carbocycles. The molecule has 132 valence electrons. The minimum Gasteiger partial charge on any atom is -0.467 e. The molecule has 0 fully saturated rings. The van der Waals surface area contributed by atoms with E-state index in [1.54, 1.807) is 6.92 Å². The first-order valence-electron chi connectivity index (χ1n) is 7.29. The second-order valence-corrected chi connectivity index (χ2v) is 5.59. The Morgan fingerprint density at radius 2 is 2.00 bits per heavy atom. The first-order valence-corrected chi connectivity index (χ1v) is 7.67. The largest absolute Gasteiger partial charge is 0.467 e. The molecule has 1 aromatic rings. The van der Waals surface area contributed by atoms with E-state index in [0.717, 1.165) is 12.1 Å². The number of carbonyl (C=O) groups is 3. The smallest absolute Gasteiger partial charge is 0.341 e. The van der Waals surface area contributed by atoms with Crippen LogP contribution < -0.4 is 5.32 Å². The third-order valence-corrected chi connectivity index (χ3v) is 3.71. The van der Waals surface area contributed by atoms with Gasteiger partial charge in [0.05, 0.1) is 12.7 Å². The van der Waals surface area contributed by atoms with Gasteiger partial charge in [0, 0.05) is 5.02 Å². The topological polar surface area (TPSA) is 81.7 Å². The maximum absolute atomic E-state index is 13.6. The first kappa shape index (κ1) is 19.9. The molecular formula is C16H19ClFNO5. The average molecular weight is 360 g/mol. The molecule has 0 saturated carbocycles. The molecule has 0 aliphatic rings. The molecule has 0 unspecified atom stereocenters. The molecule has 0 aromatic heterocycles. The molecule has 0 heterocycles. The molecule has 0 saturated heterocycles. The van der Waals surface area contributed by atoms with E-state index in [1.165, 1.54) is 13.2 Å². The number of nitrogens with one attached hydrogen (secondary N) is 1. The van der Waals surface area contributed by atoms with Crippen LogP contribution in [0.3, 0.4) is 0 Å². The highest BCUT2D eigenvalue weighted by Gasteiger charge is 2.27. The van der Waals surface area contributed by atoms with Crippen molar-refractivity contribution in [3.8, 4) is 0 Å². The predicted octanol–water partition coefficient (Wildman–Crippen LogP) is 2.34. The fraction of sp³-hybridized carbons (Fsp3) is 0.438. The van der Waals surface area contributed by atoms with Crippen LogP contribution in [-0.4, -0.2) is 37.6 Å². The molecule has 0 bridgehead atoms. The molecule has 1 rings (SSSR count). The van der Waals surface area contributed by atoms with Gasteiger partial charge in [-0.3, -0.25) is 4.79 Å². The van der Waals surface area contributed by atoms with Crippen LogP contribution in [0.4, 0.5) is 4.39 Å². The van der Waals surface area contributed by atoms with Crippen molar-refractivity contribution in [2.75, 3.05) is 13.7 Å². The SMILES string of the molecule is CC[C@H](C)[C@H](NC(=O)COC(=O)c1ccc(Cl)cc1F)C(=O)OC. The molecule has 0 aliphatic carbocycles. The number of halogens is 2. The normalized spacial score (nSPS) is 12.9. The second kappa shape index (κ2) is 9.22. The summed E-state index contributed by atoms with van der Waals surface area (Å²) in [6.45, 7) is 2.98. The predicted molar refractivity (Wildman–Crippen MR) is 85.1 cm³/mol.